The van der Waals surface area contributed by atoms with Crippen molar-refractivity contribution < 1.29 is 9.53 Å². The molecule has 88 valence electrons. The number of nitrogens with zero attached hydrogens (tertiary/aromatic N) is 1. The minimum atomic E-state index is -0.0193. The van der Waals surface area contributed by atoms with Crippen molar-refractivity contribution in [2.75, 3.05) is 13.2 Å². The van der Waals surface area contributed by atoms with Crippen LogP contribution in [0.5, 0.6) is 0 Å². The van der Waals surface area contributed by atoms with E-state index in [9.17, 15) is 4.79 Å². The van der Waals surface area contributed by atoms with Crippen molar-refractivity contribution in [3.8, 4) is 6.07 Å². The summed E-state index contributed by atoms with van der Waals surface area (Å²) in [7, 11) is 0. The van der Waals surface area contributed by atoms with Gasteiger partial charge in [0.25, 0.3) is 0 Å². The molecule has 0 saturated carbocycles. The molecule has 1 atom stereocenters. The van der Waals surface area contributed by atoms with Gasteiger partial charge in [-0.05, 0) is 24.1 Å². The summed E-state index contributed by atoms with van der Waals surface area (Å²) in [6.07, 6.45) is 0.796. The Hall–Kier alpha value is -1.86. The molecule has 1 N–H and O–H groups in total. The third-order valence-corrected chi connectivity index (χ3v) is 2.82. The molecule has 1 unspecified atom stereocenters. The van der Waals surface area contributed by atoms with Crippen molar-refractivity contribution >= 4 is 5.91 Å². The van der Waals surface area contributed by atoms with Gasteiger partial charge in [0.05, 0.1) is 24.2 Å². The average molecular weight is 230 g/mol. The summed E-state index contributed by atoms with van der Waals surface area (Å²) in [5.74, 6) is 0.0130. The summed E-state index contributed by atoms with van der Waals surface area (Å²) in [5, 5.41) is 11.6. The van der Waals surface area contributed by atoms with Gasteiger partial charge in [0.2, 0.25) is 5.91 Å². The molecule has 0 spiro atoms. The number of amides is 1. The Balaban J connectivity index is 1.88. The van der Waals surface area contributed by atoms with Gasteiger partial charge in [-0.2, -0.15) is 5.26 Å². The first-order chi connectivity index (χ1) is 8.29. The van der Waals surface area contributed by atoms with E-state index in [4.69, 9.17) is 10.00 Å². The molecule has 1 heterocycles. The first kappa shape index (κ1) is 11.6. The monoisotopic (exact) mass is 230 g/mol. The number of nitrogens with one attached hydrogen (secondary N) is 1. The van der Waals surface area contributed by atoms with E-state index in [0.717, 1.165) is 12.0 Å². The standard InChI is InChI=1S/C13H14N2O2/c14-7-10-2-1-3-11(6-10)8-15-13(16)12-4-5-17-9-12/h1-3,6,12H,4-5,8-9H2,(H,15,16). The molecule has 4 nitrogen and oxygen atoms in total. The molecule has 0 radical (unpaired) electrons. The lowest BCUT2D eigenvalue weighted by molar-refractivity contribution is -0.125. The zero-order valence-corrected chi connectivity index (χ0v) is 9.48. The molecule has 1 saturated heterocycles. The van der Waals surface area contributed by atoms with E-state index in [0.29, 0.717) is 25.3 Å². The van der Waals surface area contributed by atoms with E-state index >= 15 is 0 Å². The van der Waals surface area contributed by atoms with Gasteiger partial charge in [-0.15, -0.1) is 0 Å². The molecule has 2 rings (SSSR count). The molecule has 1 fully saturated rings. The predicted molar refractivity (Wildman–Crippen MR) is 61.9 cm³/mol. The fourth-order valence-corrected chi connectivity index (χ4v) is 1.83. The van der Waals surface area contributed by atoms with Crippen molar-refractivity contribution in [1.29, 1.82) is 5.26 Å². The van der Waals surface area contributed by atoms with Crippen LogP contribution in [0.15, 0.2) is 24.3 Å². The van der Waals surface area contributed by atoms with Gasteiger partial charge < -0.3 is 10.1 Å². The van der Waals surface area contributed by atoms with Crippen LogP contribution in [0.2, 0.25) is 0 Å². The quantitative estimate of drug-likeness (QED) is 0.849. The molecule has 1 aliphatic heterocycles. The van der Waals surface area contributed by atoms with Crippen molar-refractivity contribution in [1.82, 2.24) is 5.32 Å². The lowest BCUT2D eigenvalue weighted by Crippen LogP contribution is -2.30. The van der Waals surface area contributed by atoms with Gasteiger partial charge in [-0.1, -0.05) is 12.1 Å². The van der Waals surface area contributed by atoms with Crippen LogP contribution in [0.1, 0.15) is 17.5 Å². The van der Waals surface area contributed by atoms with E-state index in [1.165, 1.54) is 0 Å². The number of rotatable bonds is 3. The predicted octanol–water partition coefficient (Wildman–Crippen LogP) is 1.21. The van der Waals surface area contributed by atoms with Gasteiger partial charge in [-0.3, -0.25) is 4.79 Å². The van der Waals surface area contributed by atoms with Crippen molar-refractivity contribution in [2.45, 2.75) is 13.0 Å². The van der Waals surface area contributed by atoms with Crippen molar-refractivity contribution in [2.24, 2.45) is 5.92 Å². The zero-order chi connectivity index (χ0) is 12.1. The summed E-state index contributed by atoms with van der Waals surface area (Å²) in [4.78, 5) is 11.7. The second-order valence-corrected chi connectivity index (χ2v) is 4.09. The van der Waals surface area contributed by atoms with E-state index in [-0.39, 0.29) is 11.8 Å². The average Bonchev–Trinajstić information content (AvgIpc) is 2.90. The lowest BCUT2D eigenvalue weighted by Gasteiger charge is -2.09. The lowest BCUT2D eigenvalue weighted by atomic mass is 10.1. The summed E-state index contributed by atoms with van der Waals surface area (Å²) < 4.78 is 5.16. The van der Waals surface area contributed by atoms with Crippen LogP contribution in [-0.2, 0) is 16.1 Å². The third kappa shape index (κ3) is 3.05. The van der Waals surface area contributed by atoms with E-state index in [2.05, 4.69) is 11.4 Å². The Bertz CT molecular complexity index is 445. The SMILES string of the molecule is N#Cc1cccc(CNC(=O)C2CCOC2)c1. The molecular weight excluding hydrogens is 216 g/mol. The van der Waals surface area contributed by atoms with Crippen LogP contribution < -0.4 is 5.32 Å². The Morgan fingerprint density at radius 3 is 3.18 bits per heavy atom. The Kier molecular flexibility index (Phi) is 3.73. The molecule has 1 aliphatic rings. The second kappa shape index (κ2) is 5.46. The van der Waals surface area contributed by atoms with Crippen LogP contribution in [0.3, 0.4) is 0 Å². The first-order valence-electron chi connectivity index (χ1n) is 5.64. The number of nitriles is 1. The van der Waals surface area contributed by atoms with Crippen LogP contribution in [0.25, 0.3) is 0 Å². The molecule has 1 aromatic rings. The maximum absolute atomic E-state index is 11.7. The molecule has 0 bridgehead atoms. The number of benzene rings is 1. The number of ether oxygens (including phenoxy) is 1. The number of carbonyl (C=O) groups is 1. The highest BCUT2D eigenvalue weighted by atomic mass is 16.5. The van der Waals surface area contributed by atoms with Gasteiger partial charge in [0, 0.05) is 13.2 Å². The van der Waals surface area contributed by atoms with Crippen LogP contribution in [0, 0.1) is 17.2 Å². The molecule has 0 aliphatic carbocycles. The van der Waals surface area contributed by atoms with E-state index in [1.54, 1.807) is 12.1 Å². The maximum atomic E-state index is 11.7. The van der Waals surface area contributed by atoms with E-state index < -0.39 is 0 Å². The summed E-state index contributed by atoms with van der Waals surface area (Å²) in [5.41, 5.74) is 1.55. The second-order valence-electron chi connectivity index (χ2n) is 4.09. The largest absolute Gasteiger partial charge is 0.381 e. The Morgan fingerprint density at radius 2 is 2.47 bits per heavy atom. The van der Waals surface area contributed by atoms with Crippen LogP contribution >= 0.6 is 0 Å². The minimum Gasteiger partial charge on any atom is -0.381 e. The van der Waals surface area contributed by atoms with Crippen LogP contribution in [0.4, 0.5) is 0 Å². The highest BCUT2D eigenvalue weighted by molar-refractivity contribution is 5.78. The first-order valence-corrected chi connectivity index (χ1v) is 5.64. The summed E-state index contributed by atoms with van der Waals surface area (Å²) >= 11 is 0. The molecular formula is C13H14N2O2. The van der Waals surface area contributed by atoms with Crippen LogP contribution in [-0.4, -0.2) is 19.1 Å². The molecule has 0 aromatic heterocycles. The van der Waals surface area contributed by atoms with Crippen molar-refractivity contribution in [3.63, 3.8) is 0 Å². The van der Waals surface area contributed by atoms with Gasteiger partial charge >= 0.3 is 0 Å². The number of carbonyl (C=O) groups excluding carboxylic acids is 1. The third-order valence-electron chi connectivity index (χ3n) is 2.82. The number of hydrogen-bond acceptors (Lipinski definition) is 3. The fourth-order valence-electron chi connectivity index (χ4n) is 1.83. The maximum Gasteiger partial charge on any atom is 0.225 e. The zero-order valence-electron chi connectivity index (χ0n) is 9.48. The molecule has 1 amide bonds. The molecule has 1 aromatic carbocycles. The van der Waals surface area contributed by atoms with E-state index in [1.807, 2.05) is 12.1 Å². The highest BCUT2D eigenvalue weighted by Gasteiger charge is 2.22. The normalized spacial score (nSPS) is 18.6. The number of hydrogen-bond donors (Lipinski definition) is 1. The van der Waals surface area contributed by atoms with Gasteiger partial charge in [0.1, 0.15) is 0 Å². The minimum absolute atomic E-state index is 0.0193. The Labute approximate surface area is 100 Å². The highest BCUT2D eigenvalue weighted by Crippen LogP contribution is 2.12. The molecule has 4 heteroatoms. The van der Waals surface area contributed by atoms with Gasteiger partial charge in [0.15, 0.2) is 0 Å². The smallest absolute Gasteiger partial charge is 0.225 e. The Morgan fingerprint density at radius 1 is 1.59 bits per heavy atom. The molecule has 17 heavy (non-hydrogen) atoms. The van der Waals surface area contributed by atoms with Crippen molar-refractivity contribution in [3.05, 3.63) is 35.4 Å². The summed E-state index contributed by atoms with van der Waals surface area (Å²) in [6.45, 7) is 1.65. The fraction of sp³-hybridized carbons (Fsp3) is 0.385. The van der Waals surface area contributed by atoms with Gasteiger partial charge in [-0.25, -0.2) is 0 Å². The summed E-state index contributed by atoms with van der Waals surface area (Å²) in [6, 6.07) is 9.32. The topological polar surface area (TPSA) is 62.1 Å².